The van der Waals surface area contributed by atoms with Gasteiger partial charge in [-0.1, -0.05) is 0 Å². The Morgan fingerprint density at radius 1 is 0.250 bits per heavy atom. The van der Waals surface area contributed by atoms with Crippen LogP contribution in [0.15, 0.2) is 0 Å². The molecule has 8 heteroatoms. The van der Waals surface area contributed by atoms with Gasteiger partial charge in [0.05, 0.1) is 0 Å². The fourth-order valence-corrected chi connectivity index (χ4v) is 0. The molecule has 0 atom stereocenters. The van der Waals surface area contributed by atoms with E-state index >= 15 is 0 Å². The molecule has 0 nitrogen and oxygen atoms in total. The zero-order chi connectivity index (χ0) is 0. The summed E-state index contributed by atoms with van der Waals surface area (Å²) in [5.41, 5.74) is 0. The van der Waals surface area contributed by atoms with Crippen molar-refractivity contribution in [1.82, 2.24) is 0 Å². The Morgan fingerprint density at radius 2 is 0.250 bits per heavy atom. The summed E-state index contributed by atoms with van der Waals surface area (Å²) in [5.74, 6) is 0. The second-order valence-corrected chi connectivity index (χ2v) is 0. The molecule has 0 radical (unpaired) electrons. The second-order valence-electron chi connectivity index (χ2n) is 0. The molecule has 0 bridgehead atoms. The van der Waals surface area contributed by atoms with Gasteiger partial charge in [-0.2, -0.15) is 0 Å². The maximum Gasteiger partial charge on any atom is 0 e. The van der Waals surface area contributed by atoms with Crippen LogP contribution in [0, 0.1) is 0 Å². The predicted octanol–water partition coefficient (Wildman–Crippen LogP) is 0.910. The van der Waals surface area contributed by atoms with Crippen LogP contribution in [0.1, 0.15) is 0 Å². The smallest absolute Gasteiger partial charge is 0 e. The first kappa shape index (κ1) is 620. The Balaban J connectivity index is 0. The van der Waals surface area contributed by atoms with E-state index in [-0.39, 0.29) is 70.4 Å². The van der Waals surface area contributed by atoms with Gasteiger partial charge in [0, 0.05) is 42.1 Å². The van der Waals surface area contributed by atoms with Gasteiger partial charge in [-0.05, 0) is 0 Å². The Labute approximate surface area is 70.5 Å². The minimum Gasteiger partial charge on any atom is -0.269 e. The van der Waals surface area contributed by atoms with Crippen molar-refractivity contribution in [2.75, 3.05) is 0 Å². The summed E-state index contributed by atoms with van der Waals surface area (Å²) in [7, 11) is 0. The molecule has 0 aromatic carbocycles. The molecule has 60 valence electrons. The third-order valence-corrected chi connectivity index (χ3v) is 0. The Morgan fingerprint density at radius 3 is 0.250 bits per heavy atom. The van der Waals surface area contributed by atoms with Gasteiger partial charge < -0.3 is 0 Å². The SMILES string of the molecule is F.F.F.F.F.F.[W].[W]. The first-order valence-corrected chi connectivity index (χ1v) is 0. The maximum atomic E-state index is 0. The summed E-state index contributed by atoms with van der Waals surface area (Å²) in [6.07, 6.45) is 0. The third-order valence-electron chi connectivity index (χ3n) is 0. The monoisotopic (exact) mass is 488 g/mol. The number of hydrogen-bond donors (Lipinski definition) is 0. The van der Waals surface area contributed by atoms with Crippen LogP contribution in [-0.2, 0) is 42.1 Å². The summed E-state index contributed by atoms with van der Waals surface area (Å²) >= 11 is 0. The van der Waals surface area contributed by atoms with E-state index in [1.165, 1.54) is 0 Å². The molecule has 0 aliphatic carbocycles. The largest absolute Gasteiger partial charge is 0.269 e. The van der Waals surface area contributed by atoms with Gasteiger partial charge >= 0.3 is 0 Å². The fraction of sp³-hybridized carbons (Fsp3) is 0. The van der Waals surface area contributed by atoms with Crippen molar-refractivity contribution in [3.05, 3.63) is 0 Å². The number of hydrogen-bond acceptors (Lipinski definition) is 0. The molecule has 0 saturated carbocycles. The van der Waals surface area contributed by atoms with E-state index in [4.69, 9.17) is 0 Å². The molecule has 0 rings (SSSR count). The molecule has 0 fully saturated rings. The van der Waals surface area contributed by atoms with E-state index in [1.54, 1.807) is 0 Å². The van der Waals surface area contributed by atoms with Gasteiger partial charge in [0.15, 0.2) is 0 Å². The normalized spacial score (nSPS) is 0. The van der Waals surface area contributed by atoms with Crippen LogP contribution in [0.25, 0.3) is 0 Å². The zero-order valence-electron chi connectivity index (χ0n) is 3.27. The average molecular weight is 488 g/mol. The van der Waals surface area contributed by atoms with Crippen molar-refractivity contribution in [2.24, 2.45) is 0 Å². The van der Waals surface area contributed by atoms with Gasteiger partial charge in [-0.15, -0.1) is 0 Å². The summed E-state index contributed by atoms with van der Waals surface area (Å²) in [5, 5.41) is 0. The molecule has 0 spiro atoms. The first-order chi connectivity index (χ1) is 0. The zero-order valence-corrected chi connectivity index (χ0v) is 9.13. The first-order valence-electron chi connectivity index (χ1n) is 0. The molecular formula is H6F6W2. The van der Waals surface area contributed by atoms with E-state index in [1.807, 2.05) is 0 Å². The Bertz CT molecular complexity index is 6.49. The average Bonchev–Trinajstić information content (AvgIpc) is 0. The van der Waals surface area contributed by atoms with Crippen LogP contribution in [0.3, 0.4) is 0 Å². The van der Waals surface area contributed by atoms with Crippen molar-refractivity contribution >= 4 is 0 Å². The number of halogens is 6. The van der Waals surface area contributed by atoms with E-state index in [9.17, 15) is 0 Å². The third kappa shape index (κ3) is 270. The van der Waals surface area contributed by atoms with Crippen LogP contribution in [0.4, 0.5) is 28.2 Å². The molecule has 0 aliphatic rings. The minimum atomic E-state index is 0. The van der Waals surface area contributed by atoms with E-state index in [0.29, 0.717) is 0 Å². The summed E-state index contributed by atoms with van der Waals surface area (Å²) < 4.78 is 0. The summed E-state index contributed by atoms with van der Waals surface area (Å²) in [6, 6.07) is 0. The quantitative estimate of drug-likeness (QED) is 0.446. The Hall–Kier alpha value is 0.957. The molecule has 0 amide bonds. The van der Waals surface area contributed by atoms with Crippen LogP contribution in [-0.4, -0.2) is 0 Å². The van der Waals surface area contributed by atoms with Crippen molar-refractivity contribution in [1.29, 1.82) is 0 Å². The van der Waals surface area contributed by atoms with Crippen LogP contribution >= 0.6 is 0 Å². The molecule has 0 unspecified atom stereocenters. The van der Waals surface area contributed by atoms with Crippen molar-refractivity contribution in [3.63, 3.8) is 0 Å². The van der Waals surface area contributed by atoms with E-state index in [0.717, 1.165) is 0 Å². The van der Waals surface area contributed by atoms with Crippen LogP contribution in [0.5, 0.6) is 0 Å². The predicted molar refractivity (Wildman–Crippen MR) is 15.0 cm³/mol. The fourth-order valence-electron chi connectivity index (χ4n) is 0. The summed E-state index contributed by atoms with van der Waals surface area (Å²) in [4.78, 5) is 0. The minimum absolute atomic E-state index is 0. The van der Waals surface area contributed by atoms with Crippen molar-refractivity contribution in [2.45, 2.75) is 0 Å². The van der Waals surface area contributed by atoms with Crippen LogP contribution < -0.4 is 0 Å². The second kappa shape index (κ2) is 421. The van der Waals surface area contributed by atoms with Gasteiger partial charge in [0.1, 0.15) is 0 Å². The molecule has 0 aromatic rings. The molecular weight excluding hydrogens is 482 g/mol. The van der Waals surface area contributed by atoms with Gasteiger partial charge in [0.25, 0.3) is 0 Å². The molecule has 0 aliphatic heterocycles. The van der Waals surface area contributed by atoms with E-state index in [2.05, 4.69) is 0 Å². The topological polar surface area (TPSA) is 0 Å². The number of rotatable bonds is 0. The Kier molecular flexibility index (Phi) is 32600. The van der Waals surface area contributed by atoms with Gasteiger partial charge in [-0.3, -0.25) is 28.2 Å². The van der Waals surface area contributed by atoms with Crippen molar-refractivity contribution < 1.29 is 70.4 Å². The maximum absolute atomic E-state index is 0. The molecule has 8 heavy (non-hydrogen) atoms. The van der Waals surface area contributed by atoms with Gasteiger partial charge in [-0.25, -0.2) is 0 Å². The van der Waals surface area contributed by atoms with Gasteiger partial charge in [0.2, 0.25) is 0 Å². The molecule has 0 N–H and O–H groups in total. The molecule has 0 saturated heterocycles. The standard InChI is InChI=1S/6FH.2W/h6*1H;;. The van der Waals surface area contributed by atoms with Crippen molar-refractivity contribution in [3.8, 4) is 0 Å². The summed E-state index contributed by atoms with van der Waals surface area (Å²) in [6.45, 7) is 0. The van der Waals surface area contributed by atoms with Crippen LogP contribution in [0.2, 0.25) is 0 Å². The molecule has 0 aromatic heterocycles. The van der Waals surface area contributed by atoms with E-state index < -0.39 is 0 Å². The molecule has 0 heterocycles.